The van der Waals surface area contributed by atoms with Crippen molar-refractivity contribution in [2.45, 2.75) is 18.6 Å². The lowest BCUT2D eigenvalue weighted by atomic mass is 10.2. The zero-order valence-electron chi connectivity index (χ0n) is 15.4. The lowest BCUT2D eigenvalue weighted by molar-refractivity contribution is -0.116. The van der Waals surface area contributed by atoms with Crippen LogP contribution >= 0.6 is 15.9 Å². The number of anilines is 1. The summed E-state index contributed by atoms with van der Waals surface area (Å²) in [6, 6.07) is 14.3. The topological polar surface area (TPSA) is 84.5 Å². The van der Waals surface area contributed by atoms with Crippen LogP contribution in [-0.4, -0.2) is 27.5 Å². The number of hydrogen-bond acceptors (Lipinski definition) is 4. The predicted molar refractivity (Wildman–Crippen MR) is 115 cm³/mol. The Balaban J connectivity index is 1.75. The van der Waals surface area contributed by atoms with Crippen LogP contribution in [0.25, 0.3) is 0 Å². The molecule has 6 nitrogen and oxygen atoms in total. The second-order valence-electron chi connectivity index (χ2n) is 6.02. The normalized spacial score (nSPS) is 11.0. The molecule has 0 saturated carbocycles. The summed E-state index contributed by atoms with van der Waals surface area (Å²) < 4.78 is 32.6. The Hall–Kier alpha value is -2.16. The van der Waals surface area contributed by atoms with Gasteiger partial charge in [-0.2, -0.15) is 0 Å². The van der Waals surface area contributed by atoms with Gasteiger partial charge in [-0.3, -0.25) is 4.79 Å². The number of amides is 1. The lowest BCUT2D eigenvalue weighted by Gasteiger charge is -2.09. The largest absolute Gasteiger partial charge is 0.492 e. The third kappa shape index (κ3) is 7.84. The predicted octanol–water partition coefficient (Wildman–Crippen LogP) is 3.85. The Labute approximate surface area is 174 Å². The first-order valence-corrected chi connectivity index (χ1v) is 11.2. The first-order valence-electron chi connectivity index (χ1n) is 8.74. The fraction of sp³-hybridized carbons (Fsp3) is 0.250. The van der Waals surface area contributed by atoms with Crippen LogP contribution in [0.4, 0.5) is 5.69 Å². The summed E-state index contributed by atoms with van der Waals surface area (Å²) in [4.78, 5) is 12.0. The molecule has 0 spiro atoms. The number of nitrogens with one attached hydrogen (secondary N) is 2. The van der Waals surface area contributed by atoms with Crippen LogP contribution in [0.15, 0.2) is 65.7 Å². The van der Waals surface area contributed by atoms with Crippen molar-refractivity contribution in [2.24, 2.45) is 0 Å². The molecule has 0 atom stereocenters. The zero-order chi connectivity index (χ0) is 20.4. The minimum atomic E-state index is -3.40. The van der Waals surface area contributed by atoms with Gasteiger partial charge in [0.05, 0.1) is 16.8 Å². The van der Waals surface area contributed by atoms with Crippen LogP contribution in [0.1, 0.15) is 18.4 Å². The van der Waals surface area contributed by atoms with Crippen LogP contribution in [-0.2, 0) is 20.6 Å². The Morgan fingerprint density at radius 1 is 1.14 bits per heavy atom. The molecule has 1 amide bonds. The average molecular weight is 467 g/mol. The van der Waals surface area contributed by atoms with Gasteiger partial charge in [0.25, 0.3) is 0 Å². The van der Waals surface area contributed by atoms with E-state index >= 15 is 0 Å². The van der Waals surface area contributed by atoms with E-state index in [-0.39, 0.29) is 18.2 Å². The van der Waals surface area contributed by atoms with Crippen LogP contribution in [0, 0.1) is 0 Å². The molecule has 28 heavy (non-hydrogen) atoms. The molecule has 0 aromatic heterocycles. The highest BCUT2D eigenvalue weighted by atomic mass is 79.9. The highest BCUT2D eigenvalue weighted by Gasteiger charge is 2.10. The van der Waals surface area contributed by atoms with Crippen LogP contribution in [0.5, 0.6) is 5.75 Å². The maximum Gasteiger partial charge on any atom is 0.224 e. The van der Waals surface area contributed by atoms with Gasteiger partial charge in [0, 0.05) is 18.7 Å². The molecule has 2 aromatic rings. The number of sulfonamides is 1. The number of carbonyl (C=O) groups is 1. The summed E-state index contributed by atoms with van der Waals surface area (Å²) in [5.74, 6) is 0.501. The van der Waals surface area contributed by atoms with Crippen molar-refractivity contribution in [3.05, 3.63) is 71.2 Å². The van der Waals surface area contributed by atoms with Crippen molar-refractivity contribution >= 4 is 37.5 Å². The van der Waals surface area contributed by atoms with Crippen molar-refractivity contribution in [1.82, 2.24) is 4.72 Å². The number of ether oxygens (including phenoxy) is 1. The van der Waals surface area contributed by atoms with E-state index in [1.807, 2.05) is 24.3 Å². The molecule has 8 heteroatoms. The molecule has 0 heterocycles. The van der Waals surface area contributed by atoms with Gasteiger partial charge in [-0.05, 0) is 52.2 Å². The Morgan fingerprint density at radius 3 is 2.54 bits per heavy atom. The molecule has 150 valence electrons. The van der Waals surface area contributed by atoms with E-state index in [4.69, 9.17) is 4.74 Å². The van der Waals surface area contributed by atoms with E-state index in [1.165, 1.54) is 6.08 Å². The molecule has 0 radical (unpaired) electrons. The average Bonchev–Trinajstić information content (AvgIpc) is 2.66. The van der Waals surface area contributed by atoms with E-state index in [2.05, 4.69) is 32.5 Å². The fourth-order valence-corrected chi connectivity index (χ4v) is 3.85. The number of para-hydroxylation sites is 1. The van der Waals surface area contributed by atoms with Gasteiger partial charge in [0.15, 0.2) is 0 Å². The van der Waals surface area contributed by atoms with E-state index in [0.717, 1.165) is 10.2 Å². The summed E-state index contributed by atoms with van der Waals surface area (Å²) in [6.07, 6.45) is 2.39. The number of rotatable bonds is 11. The molecule has 2 N–H and O–H groups in total. The zero-order valence-corrected chi connectivity index (χ0v) is 17.8. The molecular weight excluding hydrogens is 444 g/mol. The van der Waals surface area contributed by atoms with E-state index < -0.39 is 10.0 Å². The minimum Gasteiger partial charge on any atom is -0.492 e. The van der Waals surface area contributed by atoms with Gasteiger partial charge in [-0.15, -0.1) is 6.58 Å². The molecule has 0 aliphatic rings. The van der Waals surface area contributed by atoms with Gasteiger partial charge in [-0.25, -0.2) is 13.1 Å². The third-order valence-electron chi connectivity index (χ3n) is 3.68. The maximum atomic E-state index is 12.0. The number of benzene rings is 2. The molecular formula is C20H23BrN2O4S. The Morgan fingerprint density at radius 2 is 1.86 bits per heavy atom. The Bertz CT molecular complexity index is 899. The van der Waals surface area contributed by atoms with Crippen molar-refractivity contribution < 1.29 is 17.9 Å². The highest BCUT2D eigenvalue weighted by Crippen LogP contribution is 2.23. The number of halogens is 1. The molecule has 0 aliphatic carbocycles. The van der Waals surface area contributed by atoms with Crippen LogP contribution in [0.2, 0.25) is 0 Å². The smallest absolute Gasteiger partial charge is 0.224 e. The first kappa shape index (κ1) is 22.1. The molecule has 0 aliphatic heterocycles. The highest BCUT2D eigenvalue weighted by molar-refractivity contribution is 9.10. The summed E-state index contributed by atoms with van der Waals surface area (Å²) in [5, 5.41) is 2.79. The molecule has 0 saturated heterocycles. The molecule has 2 aromatic carbocycles. The van der Waals surface area contributed by atoms with Crippen molar-refractivity contribution in [3.8, 4) is 5.75 Å². The van der Waals surface area contributed by atoms with Gasteiger partial charge < -0.3 is 10.1 Å². The molecule has 2 rings (SSSR count). The second-order valence-corrected chi connectivity index (χ2v) is 8.68. The van der Waals surface area contributed by atoms with Gasteiger partial charge in [0.1, 0.15) is 5.75 Å². The van der Waals surface area contributed by atoms with E-state index in [9.17, 15) is 13.2 Å². The molecule has 0 bridgehead atoms. The van der Waals surface area contributed by atoms with Crippen LogP contribution < -0.4 is 14.8 Å². The summed E-state index contributed by atoms with van der Waals surface area (Å²) >= 11 is 3.41. The van der Waals surface area contributed by atoms with Crippen molar-refractivity contribution in [3.63, 3.8) is 0 Å². The number of carbonyl (C=O) groups excluding carboxylic acids is 1. The summed E-state index contributed by atoms with van der Waals surface area (Å²) in [7, 11) is -3.40. The van der Waals surface area contributed by atoms with Crippen molar-refractivity contribution in [2.75, 3.05) is 18.5 Å². The van der Waals surface area contributed by atoms with E-state index in [1.54, 1.807) is 24.3 Å². The van der Waals surface area contributed by atoms with Gasteiger partial charge in [-0.1, -0.05) is 30.3 Å². The third-order valence-corrected chi connectivity index (χ3v) is 5.66. The quantitative estimate of drug-likeness (QED) is 0.389. The van der Waals surface area contributed by atoms with E-state index in [0.29, 0.717) is 30.7 Å². The summed E-state index contributed by atoms with van der Waals surface area (Å²) in [5.41, 5.74) is 1.26. The number of hydrogen-bond donors (Lipinski definition) is 2. The monoisotopic (exact) mass is 466 g/mol. The molecule has 0 fully saturated rings. The standard InChI is InChI=1S/C20H23BrN2O4S/c1-2-13-22-28(25,26)15-16-9-11-17(12-10-16)23-20(24)8-5-14-27-19-7-4-3-6-18(19)21/h2-4,6-7,9-12,22H,1,5,8,13-15H2,(H,23,24). The second kappa shape index (κ2) is 11.0. The Kier molecular flexibility index (Phi) is 8.69. The van der Waals surface area contributed by atoms with Gasteiger partial charge >= 0.3 is 0 Å². The van der Waals surface area contributed by atoms with Crippen LogP contribution in [0.3, 0.4) is 0 Å². The fourth-order valence-electron chi connectivity index (χ4n) is 2.34. The lowest BCUT2D eigenvalue weighted by Crippen LogP contribution is -2.25. The summed E-state index contributed by atoms with van der Waals surface area (Å²) in [6.45, 7) is 4.11. The minimum absolute atomic E-state index is 0.122. The first-order chi connectivity index (χ1) is 13.4. The SMILES string of the molecule is C=CCNS(=O)(=O)Cc1ccc(NC(=O)CCCOc2ccccc2Br)cc1. The maximum absolute atomic E-state index is 12.0. The van der Waals surface area contributed by atoms with Crippen molar-refractivity contribution in [1.29, 1.82) is 0 Å². The molecule has 0 unspecified atom stereocenters. The van der Waals surface area contributed by atoms with Gasteiger partial charge in [0.2, 0.25) is 15.9 Å².